The number of hydrogen-bond acceptors (Lipinski definition) is 8. The second-order valence-corrected chi connectivity index (χ2v) is 9.25. The normalized spacial score (nSPS) is 15.4. The summed E-state index contributed by atoms with van der Waals surface area (Å²) in [6.07, 6.45) is 2.86. The molecule has 1 aromatic heterocycles. The number of carbonyl (C=O) groups is 2. The summed E-state index contributed by atoms with van der Waals surface area (Å²) in [5.41, 5.74) is 2.34. The third-order valence-corrected chi connectivity index (χ3v) is 6.59. The van der Waals surface area contributed by atoms with Crippen molar-refractivity contribution in [2.75, 3.05) is 33.9 Å². The van der Waals surface area contributed by atoms with Gasteiger partial charge in [-0.15, -0.1) is 0 Å². The Bertz CT molecular complexity index is 1210. The summed E-state index contributed by atoms with van der Waals surface area (Å²) in [7, 11) is 3.24. The highest BCUT2D eigenvalue weighted by atomic mass is 16.5. The molecular formula is C29H35N3O6. The van der Waals surface area contributed by atoms with Gasteiger partial charge in [-0.25, -0.2) is 4.98 Å². The minimum absolute atomic E-state index is 0.238. The molecule has 9 heteroatoms. The van der Waals surface area contributed by atoms with Gasteiger partial charge in [0.05, 0.1) is 33.3 Å². The molecule has 3 aromatic rings. The van der Waals surface area contributed by atoms with Crippen molar-refractivity contribution in [2.45, 2.75) is 39.4 Å². The van der Waals surface area contributed by atoms with E-state index in [-0.39, 0.29) is 23.5 Å². The lowest BCUT2D eigenvalue weighted by Crippen LogP contribution is -2.43. The highest BCUT2D eigenvalue weighted by Crippen LogP contribution is 2.32. The van der Waals surface area contributed by atoms with Crippen molar-refractivity contribution in [3.05, 3.63) is 77.5 Å². The molecule has 1 atom stereocenters. The topological polar surface area (TPSA) is 94.3 Å². The van der Waals surface area contributed by atoms with Crippen LogP contribution in [0.3, 0.4) is 0 Å². The number of piperidine rings is 1. The second kappa shape index (κ2) is 13.1. The summed E-state index contributed by atoms with van der Waals surface area (Å²) < 4.78 is 22.0. The Morgan fingerprint density at radius 2 is 1.87 bits per heavy atom. The number of amides is 1. The maximum atomic E-state index is 13.2. The monoisotopic (exact) mass is 521 g/mol. The standard InChI is InChI=1S/C29H35N3O6/c1-4-37-29(34)23-13-9-15-32(18-23)28(33)24-20-38-26(30-24)19-31(16-21-10-6-5-7-11-21)17-22-12-8-14-25(35-2)27(22)36-3/h5-8,10-12,14,20,23H,4,9,13,15-19H2,1-3H3. The van der Waals surface area contributed by atoms with Crippen LogP contribution >= 0.6 is 0 Å². The van der Waals surface area contributed by atoms with E-state index >= 15 is 0 Å². The van der Waals surface area contributed by atoms with E-state index in [1.807, 2.05) is 36.4 Å². The van der Waals surface area contributed by atoms with Gasteiger partial charge in [0.25, 0.3) is 5.91 Å². The molecule has 2 aromatic carbocycles. The van der Waals surface area contributed by atoms with Crippen LogP contribution in [0.4, 0.5) is 0 Å². The Kier molecular flexibility index (Phi) is 9.37. The van der Waals surface area contributed by atoms with Crippen molar-refractivity contribution in [1.29, 1.82) is 0 Å². The molecule has 38 heavy (non-hydrogen) atoms. The quantitative estimate of drug-likeness (QED) is 0.345. The Hall–Kier alpha value is -3.85. The van der Waals surface area contributed by atoms with Crippen LogP contribution in [0, 0.1) is 5.92 Å². The fraction of sp³-hybridized carbons (Fsp3) is 0.414. The summed E-state index contributed by atoms with van der Waals surface area (Å²) in [4.78, 5) is 33.7. The van der Waals surface area contributed by atoms with E-state index in [0.29, 0.717) is 56.7 Å². The van der Waals surface area contributed by atoms with Crippen LogP contribution in [0.2, 0.25) is 0 Å². The van der Waals surface area contributed by atoms with Gasteiger partial charge in [0.1, 0.15) is 6.26 Å². The van der Waals surface area contributed by atoms with E-state index in [2.05, 4.69) is 22.0 Å². The van der Waals surface area contributed by atoms with E-state index < -0.39 is 0 Å². The van der Waals surface area contributed by atoms with Crippen molar-refractivity contribution in [1.82, 2.24) is 14.8 Å². The van der Waals surface area contributed by atoms with Gasteiger partial charge in [-0.05, 0) is 31.4 Å². The summed E-state index contributed by atoms with van der Waals surface area (Å²) in [6, 6.07) is 15.9. The van der Waals surface area contributed by atoms with Gasteiger partial charge >= 0.3 is 5.97 Å². The van der Waals surface area contributed by atoms with Crippen molar-refractivity contribution in [3.63, 3.8) is 0 Å². The van der Waals surface area contributed by atoms with Gasteiger partial charge in [-0.2, -0.15) is 0 Å². The van der Waals surface area contributed by atoms with Crippen molar-refractivity contribution in [2.24, 2.45) is 5.92 Å². The van der Waals surface area contributed by atoms with Gasteiger partial charge in [0, 0.05) is 31.7 Å². The predicted octanol–water partition coefficient (Wildman–Crippen LogP) is 4.31. The lowest BCUT2D eigenvalue weighted by molar-refractivity contribution is -0.149. The third-order valence-electron chi connectivity index (χ3n) is 6.59. The number of ether oxygens (including phenoxy) is 3. The van der Waals surface area contributed by atoms with Crippen molar-refractivity contribution < 1.29 is 28.2 Å². The molecular weight excluding hydrogens is 486 g/mol. The van der Waals surface area contributed by atoms with Gasteiger partial charge < -0.3 is 23.5 Å². The molecule has 1 saturated heterocycles. The Morgan fingerprint density at radius 1 is 1.05 bits per heavy atom. The molecule has 0 bridgehead atoms. The summed E-state index contributed by atoms with van der Waals surface area (Å²) in [6.45, 7) is 4.59. The van der Waals surface area contributed by atoms with Crippen LogP contribution in [0.15, 0.2) is 59.2 Å². The summed E-state index contributed by atoms with van der Waals surface area (Å²) in [5, 5.41) is 0. The third kappa shape index (κ3) is 6.72. The van der Waals surface area contributed by atoms with Crippen LogP contribution in [0.1, 0.15) is 47.3 Å². The molecule has 0 aliphatic carbocycles. The Morgan fingerprint density at radius 3 is 2.61 bits per heavy atom. The highest BCUT2D eigenvalue weighted by molar-refractivity contribution is 5.92. The minimum Gasteiger partial charge on any atom is -0.493 e. The van der Waals surface area contributed by atoms with E-state index in [0.717, 1.165) is 24.0 Å². The maximum absolute atomic E-state index is 13.2. The number of hydrogen-bond donors (Lipinski definition) is 0. The maximum Gasteiger partial charge on any atom is 0.310 e. The molecule has 0 spiro atoms. The number of methoxy groups -OCH3 is 2. The van der Waals surface area contributed by atoms with Crippen LogP contribution in [-0.2, 0) is 29.2 Å². The van der Waals surface area contributed by atoms with Crippen molar-refractivity contribution >= 4 is 11.9 Å². The molecule has 4 rings (SSSR count). The number of benzene rings is 2. The Labute approximate surface area is 223 Å². The fourth-order valence-corrected chi connectivity index (χ4v) is 4.78. The zero-order valence-electron chi connectivity index (χ0n) is 22.2. The van der Waals surface area contributed by atoms with Gasteiger partial charge in [0.2, 0.25) is 5.89 Å². The molecule has 2 heterocycles. The number of likely N-dealkylation sites (tertiary alicyclic amines) is 1. The zero-order chi connectivity index (χ0) is 26.9. The first-order valence-corrected chi connectivity index (χ1v) is 12.9. The number of esters is 1. The molecule has 1 aliphatic rings. The number of para-hydroxylation sites is 1. The fourth-order valence-electron chi connectivity index (χ4n) is 4.78. The number of oxazole rings is 1. The summed E-state index contributed by atoms with van der Waals surface area (Å²) >= 11 is 0. The molecule has 1 aliphatic heterocycles. The molecule has 1 amide bonds. The molecule has 0 radical (unpaired) electrons. The van der Waals surface area contributed by atoms with E-state index in [1.54, 1.807) is 26.0 Å². The molecule has 9 nitrogen and oxygen atoms in total. The lowest BCUT2D eigenvalue weighted by Gasteiger charge is -2.30. The van der Waals surface area contributed by atoms with Crippen LogP contribution in [-0.4, -0.2) is 60.6 Å². The predicted molar refractivity (Wildman–Crippen MR) is 141 cm³/mol. The highest BCUT2D eigenvalue weighted by Gasteiger charge is 2.31. The summed E-state index contributed by atoms with van der Waals surface area (Å²) in [5.74, 6) is 0.977. The van der Waals surface area contributed by atoms with E-state index in [9.17, 15) is 9.59 Å². The van der Waals surface area contributed by atoms with Gasteiger partial charge in [0.15, 0.2) is 17.2 Å². The average molecular weight is 522 g/mol. The van der Waals surface area contributed by atoms with Crippen molar-refractivity contribution in [3.8, 4) is 11.5 Å². The number of rotatable bonds is 11. The Balaban J connectivity index is 1.49. The SMILES string of the molecule is CCOC(=O)C1CCCN(C(=O)c2coc(CN(Cc3ccccc3)Cc3cccc(OC)c3OC)n2)C1. The lowest BCUT2D eigenvalue weighted by atomic mass is 9.98. The first-order chi connectivity index (χ1) is 18.5. The minimum atomic E-state index is -0.307. The van der Waals surface area contributed by atoms with Crippen LogP contribution in [0.25, 0.3) is 0 Å². The number of nitrogens with zero attached hydrogens (tertiary/aromatic N) is 3. The second-order valence-electron chi connectivity index (χ2n) is 9.25. The zero-order valence-corrected chi connectivity index (χ0v) is 22.2. The first-order valence-electron chi connectivity index (χ1n) is 12.9. The average Bonchev–Trinajstić information content (AvgIpc) is 3.41. The van der Waals surface area contributed by atoms with E-state index in [4.69, 9.17) is 18.6 Å². The first kappa shape index (κ1) is 27.2. The molecule has 202 valence electrons. The van der Waals surface area contributed by atoms with Crippen LogP contribution < -0.4 is 9.47 Å². The number of carbonyl (C=O) groups excluding carboxylic acids is 2. The van der Waals surface area contributed by atoms with Gasteiger partial charge in [-0.3, -0.25) is 14.5 Å². The van der Waals surface area contributed by atoms with E-state index in [1.165, 1.54) is 6.26 Å². The molecule has 0 N–H and O–H groups in total. The molecule has 1 unspecified atom stereocenters. The van der Waals surface area contributed by atoms with Crippen LogP contribution in [0.5, 0.6) is 11.5 Å². The largest absolute Gasteiger partial charge is 0.493 e. The molecule has 0 saturated carbocycles. The number of aromatic nitrogens is 1. The molecule has 1 fully saturated rings. The smallest absolute Gasteiger partial charge is 0.310 e. The van der Waals surface area contributed by atoms with Gasteiger partial charge in [-0.1, -0.05) is 42.5 Å².